The second-order valence-electron chi connectivity index (χ2n) is 5.51. The molecule has 1 heterocycles. The van der Waals surface area contributed by atoms with E-state index in [1.807, 2.05) is 20.8 Å². The first-order chi connectivity index (χ1) is 8.31. The number of nitrogen functional groups attached to an aromatic ring is 1. The fourth-order valence-electron chi connectivity index (χ4n) is 1.63. The number of ether oxygens (including phenoxy) is 1. The average Bonchev–Trinajstić information content (AvgIpc) is 2.95. The van der Waals surface area contributed by atoms with Crippen LogP contribution in [0.1, 0.15) is 39.4 Å². The number of anilines is 1. The van der Waals surface area contributed by atoms with Crippen molar-refractivity contribution < 1.29 is 9.53 Å². The van der Waals surface area contributed by atoms with Gasteiger partial charge in [0.25, 0.3) is 0 Å². The van der Waals surface area contributed by atoms with Crippen molar-refractivity contribution in [2.24, 2.45) is 0 Å². The standard InChI is InChI=1S/C12H18N4O2/c1-11(2,3)18-10(17)16-12(5-6-12)9-14-7-4-8(13)15-9/h4,7H,5-6H2,1-3H3,(H,16,17)(H2,13,14,15). The highest BCUT2D eigenvalue weighted by Gasteiger charge is 2.49. The van der Waals surface area contributed by atoms with Gasteiger partial charge in [-0.25, -0.2) is 14.8 Å². The fourth-order valence-corrected chi connectivity index (χ4v) is 1.63. The molecular formula is C12H18N4O2. The highest BCUT2D eigenvalue weighted by atomic mass is 16.6. The first-order valence-electron chi connectivity index (χ1n) is 5.91. The Kier molecular flexibility index (Phi) is 2.88. The van der Waals surface area contributed by atoms with Crippen molar-refractivity contribution in [3.63, 3.8) is 0 Å². The van der Waals surface area contributed by atoms with Gasteiger partial charge in [-0.05, 0) is 39.7 Å². The van der Waals surface area contributed by atoms with Crippen LogP contribution in [0, 0.1) is 0 Å². The van der Waals surface area contributed by atoms with Crippen LogP contribution in [0.4, 0.5) is 10.6 Å². The number of hydrogen-bond acceptors (Lipinski definition) is 5. The van der Waals surface area contributed by atoms with Gasteiger partial charge in [0.15, 0.2) is 5.82 Å². The highest BCUT2D eigenvalue weighted by molar-refractivity contribution is 5.69. The summed E-state index contributed by atoms with van der Waals surface area (Å²) in [5, 5.41) is 2.83. The third-order valence-electron chi connectivity index (χ3n) is 2.60. The molecule has 0 spiro atoms. The molecule has 1 aliphatic rings. The Balaban J connectivity index is 2.07. The molecule has 1 fully saturated rings. The number of carbonyl (C=O) groups excluding carboxylic acids is 1. The van der Waals surface area contributed by atoms with E-state index >= 15 is 0 Å². The lowest BCUT2D eigenvalue weighted by molar-refractivity contribution is 0.0492. The van der Waals surface area contributed by atoms with E-state index in [-0.39, 0.29) is 0 Å². The summed E-state index contributed by atoms with van der Waals surface area (Å²) in [6, 6.07) is 1.62. The van der Waals surface area contributed by atoms with Gasteiger partial charge in [-0.3, -0.25) is 0 Å². The van der Waals surface area contributed by atoms with Gasteiger partial charge in [0.1, 0.15) is 17.0 Å². The number of amides is 1. The van der Waals surface area contributed by atoms with Crippen LogP contribution in [-0.2, 0) is 10.3 Å². The zero-order valence-electron chi connectivity index (χ0n) is 10.9. The average molecular weight is 250 g/mol. The lowest BCUT2D eigenvalue weighted by Crippen LogP contribution is -2.40. The summed E-state index contributed by atoms with van der Waals surface area (Å²) in [5.41, 5.74) is 4.60. The van der Waals surface area contributed by atoms with Gasteiger partial charge in [-0.15, -0.1) is 0 Å². The van der Waals surface area contributed by atoms with Crippen LogP contribution in [0.2, 0.25) is 0 Å². The highest BCUT2D eigenvalue weighted by Crippen LogP contribution is 2.43. The van der Waals surface area contributed by atoms with Gasteiger partial charge < -0.3 is 15.8 Å². The SMILES string of the molecule is CC(C)(C)OC(=O)NC1(c2nccc(N)n2)CC1. The Labute approximate surface area is 106 Å². The first-order valence-corrected chi connectivity index (χ1v) is 5.91. The van der Waals surface area contributed by atoms with E-state index in [2.05, 4.69) is 15.3 Å². The Bertz CT molecular complexity index is 463. The number of hydrogen-bond donors (Lipinski definition) is 2. The molecule has 98 valence electrons. The van der Waals surface area contributed by atoms with Gasteiger partial charge in [-0.1, -0.05) is 0 Å². The molecule has 0 saturated heterocycles. The fraction of sp³-hybridized carbons (Fsp3) is 0.583. The van der Waals surface area contributed by atoms with Crippen LogP contribution in [-0.4, -0.2) is 21.7 Å². The third-order valence-corrected chi connectivity index (χ3v) is 2.60. The van der Waals surface area contributed by atoms with Crippen LogP contribution in [0.3, 0.4) is 0 Å². The molecule has 1 amide bonds. The predicted octanol–water partition coefficient (Wildman–Crippen LogP) is 1.57. The second-order valence-corrected chi connectivity index (χ2v) is 5.51. The Morgan fingerprint density at radius 3 is 2.67 bits per heavy atom. The molecule has 6 heteroatoms. The summed E-state index contributed by atoms with van der Waals surface area (Å²) < 4.78 is 5.23. The lowest BCUT2D eigenvalue weighted by atomic mass is 10.2. The smallest absolute Gasteiger partial charge is 0.408 e. The Hall–Kier alpha value is -1.85. The van der Waals surface area contributed by atoms with Gasteiger partial charge in [0.2, 0.25) is 0 Å². The number of nitrogens with one attached hydrogen (secondary N) is 1. The third kappa shape index (κ3) is 2.88. The molecule has 18 heavy (non-hydrogen) atoms. The van der Waals surface area contributed by atoms with Crippen LogP contribution in [0.15, 0.2) is 12.3 Å². The van der Waals surface area contributed by atoms with Crippen molar-refractivity contribution in [3.8, 4) is 0 Å². The Morgan fingerprint density at radius 2 is 2.17 bits per heavy atom. The van der Waals surface area contributed by atoms with E-state index in [1.54, 1.807) is 12.3 Å². The van der Waals surface area contributed by atoms with E-state index in [9.17, 15) is 4.79 Å². The Morgan fingerprint density at radius 1 is 1.50 bits per heavy atom. The minimum Gasteiger partial charge on any atom is -0.444 e. The largest absolute Gasteiger partial charge is 0.444 e. The normalized spacial score (nSPS) is 17.1. The molecule has 0 unspecified atom stereocenters. The molecule has 6 nitrogen and oxygen atoms in total. The summed E-state index contributed by atoms with van der Waals surface area (Å²) >= 11 is 0. The number of nitrogens with zero attached hydrogens (tertiary/aromatic N) is 2. The van der Waals surface area contributed by atoms with E-state index in [1.165, 1.54) is 0 Å². The van der Waals surface area contributed by atoms with Crippen molar-refractivity contribution in [1.82, 2.24) is 15.3 Å². The number of aromatic nitrogens is 2. The maximum Gasteiger partial charge on any atom is 0.408 e. The van der Waals surface area contributed by atoms with E-state index in [4.69, 9.17) is 10.5 Å². The molecule has 1 aromatic rings. The van der Waals surface area contributed by atoms with Crippen molar-refractivity contribution in [2.75, 3.05) is 5.73 Å². The van der Waals surface area contributed by atoms with Crippen LogP contribution in [0.5, 0.6) is 0 Å². The van der Waals surface area contributed by atoms with Gasteiger partial charge in [0.05, 0.1) is 0 Å². The summed E-state index contributed by atoms with van der Waals surface area (Å²) in [6.45, 7) is 5.47. The predicted molar refractivity (Wildman–Crippen MR) is 66.7 cm³/mol. The zero-order chi connectivity index (χ0) is 13.4. The molecule has 0 aromatic carbocycles. The maximum atomic E-state index is 11.8. The summed E-state index contributed by atoms with van der Waals surface area (Å²) in [6.07, 6.45) is 2.74. The van der Waals surface area contributed by atoms with Crippen molar-refractivity contribution in [3.05, 3.63) is 18.1 Å². The van der Waals surface area contributed by atoms with Crippen LogP contribution in [0.25, 0.3) is 0 Å². The van der Waals surface area contributed by atoms with Crippen LogP contribution < -0.4 is 11.1 Å². The molecule has 1 aliphatic carbocycles. The number of rotatable bonds is 2. The van der Waals surface area contributed by atoms with Gasteiger partial charge in [0, 0.05) is 6.20 Å². The quantitative estimate of drug-likeness (QED) is 0.831. The van der Waals surface area contributed by atoms with E-state index in [0.29, 0.717) is 11.6 Å². The molecule has 2 rings (SSSR count). The lowest BCUT2D eigenvalue weighted by Gasteiger charge is -2.22. The van der Waals surface area contributed by atoms with Crippen LogP contribution >= 0.6 is 0 Å². The van der Waals surface area contributed by atoms with Crippen molar-refractivity contribution in [2.45, 2.75) is 44.8 Å². The molecule has 1 saturated carbocycles. The molecule has 1 aromatic heterocycles. The minimum atomic E-state index is -0.517. The summed E-state index contributed by atoms with van der Waals surface area (Å²) in [7, 11) is 0. The number of nitrogens with two attached hydrogens (primary N) is 1. The topological polar surface area (TPSA) is 90.1 Å². The van der Waals surface area contributed by atoms with E-state index in [0.717, 1.165) is 12.8 Å². The molecule has 0 atom stereocenters. The van der Waals surface area contributed by atoms with Crippen molar-refractivity contribution >= 4 is 11.9 Å². The maximum absolute atomic E-state index is 11.8. The number of alkyl carbamates (subject to hydrolysis) is 1. The molecular weight excluding hydrogens is 232 g/mol. The molecule has 0 radical (unpaired) electrons. The minimum absolute atomic E-state index is 0.400. The van der Waals surface area contributed by atoms with Crippen molar-refractivity contribution in [1.29, 1.82) is 0 Å². The van der Waals surface area contributed by atoms with Gasteiger partial charge in [-0.2, -0.15) is 0 Å². The first kappa shape index (κ1) is 12.6. The monoisotopic (exact) mass is 250 g/mol. The zero-order valence-corrected chi connectivity index (χ0v) is 10.9. The second kappa shape index (κ2) is 4.12. The molecule has 0 bridgehead atoms. The summed E-state index contributed by atoms with van der Waals surface area (Å²) in [4.78, 5) is 20.1. The molecule has 0 aliphatic heterocycles. The summed E-state index contributed by atoms with van der Waals surface area (Å²) in [5.74, 6) is 0.950. The van der Waals surface area contributed by atoms with Gasteiger partial charge >= 0.3 is 6.09 Å². The number of carbonyl (C=O) groups is 1. The molecule has 3 N–H and O–H groups in total. The van der Waals surface area contributed by atoms with E-state index < -0.39 is 17.2 Å².